The van der Waals surface area contributed by atoms with Crippen molar-refractivity contribution in [1.82, 2.24) is 10.2 Å². The topological polar surface area (TPSA) is 67.4 Å². The van der Waals surface area contributed by atoms with E-state index in [1.54, 1.807) is 25.5 Å². The summed E-state index contributed by atoms with van der Waals surface area (Å²) >= 11 is 0. The summed E-state index contributed by atoms with van der Waals surface area (Å²) in [5.74, 6) is 1.55. The number of phenolic OH excluding ortho intramolecular Hbond substituents is 1. The van der Waals surface area contributed by atoms with Crippen molar-refractivity contribution in [1.29, 1.82) is 0 Å². The van der Waals surface area contributed by atoms with E-state index in [4.69, 9.17) is 9.47 Å². The lowest BCUT2D eigenvalue weighted by Crippen LogP contribution is -1.98. The van der Waals surface area contributed by atoms with E-state index in [9.17, 15) is 5.11 Å². The molecular formula is C16H12N2O3. The summed E-state index contributed by atoms with van der Waals surface area (Å²) in [5, 5.41) is 17.8. The van der Waals surface area contributed by atoms with Gasteiger partial charge in [0.2, 0.25) is 0 Å². The zero-order valence-corrected chi connectivity index (χ0v) is 11.3. The minimum Gasteiger partial charge on any atom is -0.508 e. The third kappa shape index (κ3) is 1.74. The zero-order valence-electron chi connectivity index (χ0n) is 11.3. The Bertz CT molecular complexity index is 863. The molecule has 5 heteroatoms. The molecule has 3 aromatic rings. The summed E-state index contributed by atoms with van der Waals surface area (Å²) in [5.41, 5.74) is 3.44. The highest BCUT2D eigenvalue weighted by Gasteiger charge is 2.21. The highest BCUT2D eigenvalue weighted by Crippen LogP contribution is 2.40. The molecule has 0 aliphatic carbocycles. The second-order valence-electron chi connectivity index (χ2n) is 4.82. The summed E-state index contributed by atoms with van der Waals surface area (Å²) in [6, 6.07) is 10.9. The number of H-pyrrole nitrogens is 1. The largest absolute Gasteiger partial charge is 0.508 e. The van der Waals surface area contributed by atoms with E-state index in [1.165, 1.54) is 0 Å². The number of aromatic hydroxyl groups is 1. The highest BCUT2D eigenvalue weighted by atomic mass is 16.5. The Hall–Kier alpha value is -2.95. The maximum Gasteiger partial charge on any atom is 0.141 e. The molecule has 0 unspecified atom stereocenters. The third-order valence-electron chi connectivity index (χ3n) is 3.57. The van der Waals surface area contributed by atoms with E-state index in [0.29, 0.717) is 5.75 Å². The van der Waals surface area contributed by atoms with Gasteiger partial charge in [0.05, 0.1) is 18.0 Å². The summed E-state index contributed by atoms with van der Waals surface area (Å²) < 4.78 is 10.8. The molecule has 2 N–H and O–H groups in total. The third-order valence-corrected chi connectivity index (χ3v) is 3.57. The number of rotatable bonds is 2. The first kappa shape index (κ1) is 11.8. The molecule has 104 valence electrons. The Balaban J connectivity index is 1.87. The minimum absolute atomic E-state index is 0.147. The van der Waals surface area contributed by atoms with Gasteiger partial charge in [0, 0.05) is 17.7 Å². The van der Waals surface area contributed by atoms with Crippen molar-refractivity contribution < 1.29 is 14.6 Å². The van der Waals surface area contributed by atoms with Gasteiger partial charge in [-0.1, -0.05) is 12.1 Å². The van der Waals surface area contributed by atoms with Crippen LogP contribution in [0.15, 0.2) is 42.7 Å². The summed E-state index contributed by atoms with van der Waals surface area (Å²) in [4.78, 5) is 0. The maximum atomic E-state index is 9.65. The van der Waals surface area contributed by atoms with Crippen LogP contribution in [0.1, 0.15) is 11.3 Å². The molecule has 1 aliphatic rings. The monoisotopic (exact) mass is 280 g/mol. The van der Waals surface area contributed by atoms with Crippen molar-refractivity contribution in [2.24, 2.45) is 0 Å². The highest BCUT2D eigenvalue weighted by molar-refractivity contribution is 6.00. The van der Waals surface area contributed by atoms with Gasteiger partial charge >= 0.3 is 0 Å². The van der Waals surface area contributed by atoms with Gasteiger partial charge in [0.1, 0.15) is 29.2 Å². The lowest BCUT2D eigenvalue weighted by molar-refractivity contribution is 0.414. The van der Waals surface area contributed by atoms with Gasteiger partial charge < -0.3 is 14.6 Å². The van der Waals surface area contributed by atoms with E-state index in [-0.39, 0.29) is 5.75 Å². The van der Waals surface area contributed by atoms with Gasteiger partial charge in [-0.15, -0.1) is 0 Å². The van der Waals surface area contributed by atoms with Crippen molar-refractivity contribution >= 4 is 16.5 Å². The predicted octanol–water partition coefficient (Wildman–Crippen LogP) is 3.06. The van der Waals surface area contributed by atoms with Crippen LogP contribution in [0.25, 0.3) is 16.5 Å². The van der Waals surface area contributed by atoms with Crippen LogP contribution in [0.4, 0.5) is 0 Å². The Morgan fingerprint density at radius 3 is 2.76 bits per heavy atom. The number of nitrogens with one attached hydrogen (secondary N) is 1. The van der Waals surface area contributed by atoms with Crippen LogP contribution >= 0.6 is 0 Å². The minimum atomic E-state index is 0.147. The average Bonchev–Trinajstić information content (AvgIpc) is 2.93. The molecule has 0 spiro atoms. The molecule has 0 bridgehead atoms. The van der Waals surface area contributed by atoms with E-state index in [0.717, 1.165) is 33.5 Å². The molecule has 1 aromatic heterocycles. The molecule has 0 fully saturated rings. The number of phenols is 1. The smallest absolute Gasteiger partial charge is 0.141 e. The number of nitrogens with zero attached hydrogens (tertiary/aromatic N) is 1. The summed E-state index contributed by atoms with van der Waals surface area (Å²) in [7, 11) is 1.64. The number of hydrogen-bond acceptors (Lipinski definition) is 4. The van der Waals surface area contributed by atoms with Gasteiger partial charge in [-0.3, -0.25) is 5.10 Å². The molecule has 4 rings (SSSR count). The second-order valence-corrected chi connectivity index (χ2v) is 4.82. The van der Waals surface area contributed by atoms with Gasteiger partial charge in [0.25, 0.3) is 0 Å². The number of hydrogen-bond donors (Lipinski definition) is 2. The van der Waals surface area contributed by atoms with Gasteiger partial charge in [-0.05, 0) is 17.7 Å². The van der Waals surface area contributed by atoms with Crippen molar-refractivity contribution in [3.05, 3.63) is 53.9 Å². The van der Waals surface area contributed by atoms with E-state index in [2.05, 4.69) is 10.2 Å². The Kier molecular flexibility index (Phi) is 2.41. The maximum absolute atomic E-state index is 9.65. The van der Waals surface area contributed by atoms with Crippen LogP contribution in [0.2, 0.25) is 0 Å². The molecular weight excluding hydrogens is 268 g/mol. The van der Waals surface area contributed by atoms with Crippen molar-refractivity contribution in [2.45, 2.75) is 0 Å². The van der Waals surface area contributed by atoms with Crippen LogP contribution in [-0.4, -0.2) is 22.4 Å². The number of ether oxygens (including phenoxy) is 2. The lowest BCUT2D eigenvalue weighted by Gasteiger charge is -2.14. The van der Waals surface area contributed by atoms with Gasteiger partial charge in [-0.2, -0.15) is 5.10 Å². The van der Waals surface area contributed by atoms with Gasteiger partial charge in [0.15, 0.2) is 0 Å². The first-order chi connectivity index (χ1) is 10.3. The molecule has 5 nitrogen and oxygen atoms in total. The van der Waals surface area contributed by atoms with Crippen LogP contribution in [0, 0.1) is 0 Å². The first-order valence-electron chi connectivity index (χ1n) is 6.49. The van der Waals surface area contributed by atoms with Gasteiger partial charge in [-0.25, -0.2) is 0 Å². The normalized spacial score (nSPS) is 12.9. The number of aromatic amines is 1. The predicted molar refractivity (Wildman–Crippen MR) is 78.5 cm³/mol. The fraction of sp³-hybridized carbons (Fsp3) is 0.0625. The number of benzene rings is 2. The molecule has 1 aliphatic heterocycles. The van der Waals surface area contributed by atoms with E-state index in [1.807, 2.05) is 24.3 Å². The quantitative estimate of drug-likeness (QED) is 0.757. The molecule has 21 heavy (non-hydrogen) atoms. The standard InChI is InChI=1S/C16H12N2O3/c1-20-11-4-2-9(3-5-11)12-8-21-14-7-10(19)6-13-15(14)16(12)18-17-13/h2-8,19H,1H3,(H,17,18). The Morgan fingerprint density at radius 2 is 2.00 bits per heavy atom. The molecule has 0 saturated heterocycles. The fourth-order valence-corrected chi connectivity index (χ4v) is 2.55. The fourth-order valence-electron chi connectivity index (χ4n) is 2.55. The Morgan fingerprint density at radius 1 is 1.19 bits per heavy atom. The number of aromatic nitrogens is 2. The SMILES string of the molecule is COc1ccc(C2=COc3cc(O)cc4[nH]nc2c34)cc1. The molecule has 2 heterocycles. The Labute approximate surface area is 120 Å². The zero-order chi connectivity index (χ0) is 14.4. The van der Waals surface area contributed by atoms with Crippen molar-refractivity contribution in [3.8, 4) is 17.2 Å². The van der Waals surface area contributed by atoms with Crippen LogP contribution in [0.3, 0.4) is 0 Å². The average molecular weight is 280 g/mol. The molecule has 0 amide bonds. The second kappa shape index (κ2) is 4.28. The van der Waals surface area contributed by atoms with Crippen molar-refractivity contribution in [3.63, 3.8) is 0 Å². The van der Waals surface area contributed by atoms with Crippen LogP contribution in [-0.2, 0) is 0 Å². The molecule has 0 saturated carbocycles. The number of methoxy groups -OCH3 is 1. The lowest BCUT2D eigenvalue weighted by atomic mass is 9.99. The summed E-state index contributed by atoms with van der Waals surface area (Å²) in [6.45, 7) is 0. The van der Waals surface area contributed by atoms with E-state index >= 15 is 0 Å². The van der Waals surface area contributed by atoms with Crippen molar-refractivity contribution in [2.75, 3.05) is 7.11 Å². The molecule has 2 aromatic carbocycles. The van der Waals surface area contributed by atoms with E-state index < -0.39 is 0 Å². The molecule has 0 radical (unpaired) electrons. The van der Waals surface area contributed by atoms with Crippen LogP contribution < -0.4 is 9.47 Å². The van der Waals surface area contributed by atoms with Crippen LogP contribution in [0.5, 0.6) is 17.2 Å². The molecule has 0 atom stereocenters. The first-order valence-corrected chi connectivity index (χ1v) is 6.49. The summed E-state index contributed by atoms with van der Waals surface area (Å²) in [6.07, 6.45) is 1.65.